The van der Waals surface area contributed by atoms with E-state index in [0.717, 1.165) is 16.8 Å². The van der Waals surface area contributed by atoms with Crippen LogP contribution in [0.25, 0.3) is 0 Å². The number of aryl methyl sites for hydroxylation is 4. The minimum Gasteiger partial charge on any atom is -0.339 e. The second-order valence-electron chi connectivity index (χ2n) is 4.66. The van der Waals surface area contributed by atoms with E-state index in [9.17, 15) is 4.79 Å². The van der Waals surface area contributed by atoms with Gasteiger partial charge in [-0.1, -0.05) is 11.2 Å². The Morgan fingerprint density at radius 1 is 1.21 bits per heavy atom. The molecule has 0 atom stereocenters. The van der Waals surface area contributed by atoms with Gasteiger partial charge in [0.05, 0.1) is 0 Å². The van der Waals surface area contributed by atoms with Crippen LogP contribution < -0.4 is 5.32 Å². The highest BCUT2D eigenvalue weighted by Crippen LogP contribution is 2.14. The van der Waals surface area contributed by atoms with E-state index in [0.29, 0.717) is 24.6 Å². The van der Waals surface area contributed by atoms with Gasteiger partial charge in [0.25, 0.3) is 0 Å². The van der Waals surface area contributed by atoms with E-state index in [1.807, 2.05) is 26.0 Å². The Bertz CT molecular complexity index is 570. The highest BCUT2D eigenvalue weighted by atomic mass is 16.5. The van der Waals surface area contributed by atoms with Gasteiger partial charge in [-0.15, -0.1) is 0 Å². The Labute approximate surface area is 112 Å². The lowest BCUT2D eigenvalue weighted by molar-refractivity contribution is -0.116. The van der Waals surface area contributed by atoms with Crippen LogP contribution in [0.1, 0.15) is 29.3 Å². The number of hydrogen-bond acceptors (Lipinski definition) is 4. The minimum atomic E-state index is -0.0548. The first kappa shape index (κ1) is 13.3. The zero-order chi connectivity index (χ0) is 13.8. The summed E-state index contributed by atoms with van der Waals surface area (Å²) in [6, 6.07) is 5.96. The van der Waals surface area contributed by atoms with Gasteiger partial charge in [0.1, 0.15) is 0 Å². The maximum absolute atomic E-state index is 11.8. The van der Waals surface area contributed by atoms with Gasteiger partial charge in [0.2, 0.25) is 11.8 Å². The quantitative estimate of drug-likeness (QED) is 0.916. The number of hydrogen-bond donors (Lipinski definition) is 1. The summed E-state index contributed by atoms with van der Waals surface area (Å²) in [5.74, 6) is 1.03. The fourth-order valence-electron chi connectivity index (χ4n) is 1.93. The average molecular weight is 259 g/mol. The molecule has 1 heterocycles. The van der Waals surface area contributed by atoms with Crippen LogP contribution in [0, 0.1) is 20.8 Å². The van der Waals surface area contributed by atoms with Gasteiger partial charge in [-0.25, -0.2) is 0 Å². The second kappa shape index (κ2) is 5.65. The van der Waals surface area contributed by atoms with Crippen LogP contribution in [0.2, 0.25) is 0 Å². The lowest BCUT2D eigenvalue weighted by Gasteiger charge is -2.06. The number of nitrogens with one attached hydrogen (secondary N) is 1. The van der Waals surface area contributed by atoms with Gasteiger partial charge in [0, 0.05) is 18.5 Å². The van der Waals surface area contributed by atoms with E-state index in [1.54, 1.807) is 6.92 Å². The van der Waals surface area contributed by atoms with Crippen molar-refractivity contribution in [2.45, 2.75) is 33.6 Å². The van der Waals surface area contributed by atoms with Gasteiger partial charge in [0.15, 0.2) is 5.82 Å². The first-order valence-corrected chi connectivity index (χ1v) is 6.20. The third-order valence-electron chi connectivity index (χ3n) is 2.64. The standard InChI is InChI=1S/C14H17N3O2/c1-9-6-10(2)8-12(7-9)16-13(18)4-5-14-15-11(3)17-19-14/h6-8H,4-5H2,1-3H3,(H,16,18). The third-order valence-corrected chi connectivity index (χ3v) is 2.64. The van der Waals surface area contributed by atoms with Crippen LogP contribution in [0.3, 0.4) is 0 Å². The van der Waals surface area contributed by atoms with E-state index >= 15 is 0 Å². The van der Waals surface area contributed by atoms with Crippen LogP contribution in [-0.4, -0.2) is 16.0 Å². The van der Waals surface area contributed by atoms with Crippen molar-refractivity contribution in [1.29, 1.82) is 0 Å². The molecule has 0 spiro atoms. The molecule has 100 valence electrons. The molecular formula is C14H17N3O2. The fourth-order valence-corrected chi connectivity index (χ4v) is 1.93. The van der Waals surface area contributed by atoms with Crippen LogP contribution >= 0.6 is 0 Å². The van der Waals surface area contributed by atoms with Gasteiger partial charge in [-0.3, -0.25) is 4.79 Å². The number of anilines is 1. The van der Waals surface area contributed by atoms with Crippen molar-refractivity contribution in [1.82, 2.24) is 10.1 Å². The summed E-state index contributed by atoms with van der Waals surface area (Å²) < 4.78 is 4.96. The number of carbonyl (C=O) groups is 1. The summed E-state index contributed by atoms with van der Waals surface area (Å²) in [5, 5.41) is 6.56. The van der Waals surface area contributed by atoms with Crippen LogP contribution in [-0.2, 0) is 11.2 Å². The van der Waals surface area contributed by atoms with E-state index in [2.05, 4.69) is 21.5 Å². The highest BCUT2D eigenvalue weighted by molar-refractivity contribution is 5.90. The summed E-state index contributed by atoms with van der Waals surface area (Å²) in [5.41, 5.74) is 3.08. The molecule has 2 aromatic rings. The van der Waals surface area contributed by atoms with Crippen molar-refractivity contribution in [2.75, 3.05) is 5.32 Å². The van der Waals surface area contributed by atoms with Crippen molar-refractivity contribution < 1.29 is 9.32 Å². The molecule has 1 aromatic heterocycles. The molecule has 1 N–H and O–H groups in total. The van der Waals surface area contributed by atoms with Crippen molar-refractivity contribution in [3.05, 3.63) is 41.0 Å². The van der Waals surface area contributed by atoms with Crippen LogP contribution in [0.15, 0.2) is 22.7 Å². The van der Waals surface area contributed by atoms with Crippen LogP contribution in [0.5, 0.6) is 0 Å². The molecule has 19 heavy (non-hydrogen) atoms. The third kappa shape index (κ3) is 3.91. The Balaban J connectivity index is 1.90. The Morgan fingerprint density at radius 3 is 2.47 bits per heavy atom. The van der Waals surface area contributed by atoms with E-state index < -0.39 is 0 Å². The predicted octanol–water partition coefficient (Wildman–Crippen LogP) is 2.57. The van der Waals surface area contributed by atoms with Crippen molar-refractivity contribution in [2.24, 2.45) is 0 Å². The fraction of sp³-hybridized carbons (Fsp3) is 0.357. The number of benzene rings is 1. The van der Waals surface area contributed by atoms with E-state index in [4.69, 9.17) is 4.52 Å². The molecule has 1 aromatic carbocycles. The summed E-state index contributed by atoms with van der Waals surface area (Å²) in [4.78, 5) is 15.9. The molecule has 0 aliphatic rings. The zero-order valence-corrected chi connectivity index (χ0v) is 11.4. The van der Waals surface area contributed by atoms with Gasteiger partial charge in [-0.05, 0) is 44.0 Å². The second-order valence-corrected chi connectivity index (χ2v) is 4.66. The monoisotopic (exact) mass is 259 g/mol. The number of amides is 1. The molecule has 0 aliphatic carbocycles. The first-order valence-electron chi connectivity index (χ1n) is 6.20. The average Bonchev–Trinajstić information content (AvgIpc) is 2.71. The Morgan fingerprint density at radius 2 is 1.89 bits per heavy atom. The van der Waals surface area contributed by atoms with E-state index in [1.165, 1.54) is 0 Å². The lowest BCUT2D eigenvalue weighted by Crippen LogP contribution is -2.12. The molecule has 2 rings (SSSR count). The zero-order valence-electron chi connectivity index (χ0n) is 11.4. The number of carbonyl (C=O) groups excluding carboxylic acids is 1. The van der Waals surface area contributed by atoms with Gasteiger partial charge < -0.3 is 9.84 Å². The van der Waals surface area contributed by atoms with E-state index in [-0.39, 0.29) is 5.91 Å². The summed E-state index contributed by atoms with van der Waals surface area (Å²) >= 11 is 0. The molecule has 0 radical (unpaired) electrons. The largest absolute Gasteiger partial charge is 0.339 e. The smallest absolute Gasteiger partial charge is 0.227 e. The minimum absolute atomic E-state index is 0.0548. The van der Waals surface area contributed by atoms with Crippen LogP contribution in [0.4, 0.5) is 5.69 Å². The number of rotatable bonds is 4. The topological polar surface area (TPSA) is 68.0 Å². The normalized spacial score (nSPS) is 10.5. The summed E-state index contributed by atoms with van der Waals surface area (Å²) in [6.45, 7) is 5.76. The SMILES string of the molecule is Cc1cc(C)cc(NC(=O)CCc2nc(C)no2)c1. The molecule has 0 bridgehead atoms. The van der Waals surface area contributed by atoms with Gasteiger partial charge >= 0.3 is 0 Å². The maximum atomic E-state index is 11.8. The highest BCUT2D eigenvalue weighted by Gasteiger charge is 2.08. The predicted molar refractivity (Wildman–Crippen MR) is 71.9 cm³/mol. The Hall–Kier alpha value is -2.17. The maximum Gasteiger partial charge on any atom is 0.227 e. The summed E-state index contributed by atoms with van der Waals surface area (Å²) in [7, 11) is 0. The molecule has 0 saturated carbocycles. The van der Waals surface area contributed by atoms with Crippen molar-refractivity contribution >= 4 is 11.6 Å². The molecule has 0 fully saturated rings. The van der Waals surface area contributed by atoms with Crippen molar-refractivity contribution in [3.63, 3.8) is 0 Å². The lowest BCUT2D eigenvalue weighted by atomic mass is 10.1. The number of aromatic nitrogens is 2. The molecule has 0 unspecified atom stereocenters. The molecule has 5 heteroatoms. The molecular weight excluding hydrogens is 242 g/mol. The molecule has 1 amide bonds. The number of nitrogens with zero attached hydrogens (tertiary/aromatic N) is 2. The summed E-state index contributed by atoms with van der Waals surface area (Å²) in [6.07, 6.45) is 0.784. The molecule has 0 aliphatic heterocycles. The van der Waals surface area contributed by atoms with Gasteiger partial charge in [-0.2, -0.15) is 4.98 Å². The first-order chi connectivity index (χ1) is 9.02. The van der Waals surface area contributed by atoms with Crippen molar-refractivity contribution in [3.8, 4) is 0 Å². The Kier molecular flexibility index (Phi) is 3.94. The molecule has 0 saturated heterocycles. The molecule has 5 nitrogen and oxygen atoms in total.